The molecule has 2 aromatic carbocycles. The summed E-state index contributed by atoms with van der Waals surface area (Å²) in [6.07, 6.45) is -4.77. The van der Waals surface area contributed by atoms with Crippen molar-refractivity contribution in [3.05, 3.63) is 58.7 Å². The van der Waals surface area contributed by atoms with Crippen molar-refractivity contribution in [3.63, 3.8) is 0 Å². The number of hydrogen-bond acceptors (Lipinski definition) is 4. The van der Waals surface area contributed by atoms with E-state index in [0.29, 0.717) is 5.69 Å². The van der Waals surface area contributed by atoms with Gasteiger partial charge in [-0.1, -0.05) is 6.07 Å². The largest absolute Gasteiger partial charge is 0.573 e. The highest BCUT2D eigenvalue weighted by atomic mass is 19.4. The minimum atomic E-state index is -4.77. The third kappa shape index (κ3) is 4.87. The number of nitrogen functional groups attached to an aromatic ring is 1. The summed E-state index contributed by atoms with van der Waals surface area (Å²) in [6.45, 7) is 2.33. The first kappa shape index (κ1) is 18.6. The topological polar surface area (TPSA) is 90.4 Å². The van der Waals surface area contributed by atoms with Gasteiger partial charge in [-0.3, -0.25) is 4.79 Å². The van der Waals surface area contributed by atoms with Crippen molar-refractivity contribution in [2.24, 2.45) is 5.73 Å². The minimum absolute atomic E-state index is 0.211. The van der Waals surface area contributed by atoms with Crippen LogP contribution < -0.4 is 21.5 Å². The van der Waals surface area contributed by atoms with Gasteiger partial charge in [-0.05, 0) is 53.9 Å². The summed E-state index contributed by atoms with van der Waals surface area (Å²) in [5.41, 5.74) is 14.9. The van der Waals surface area contributed by atoms with Crippen LogP contribution in [0.25, 0.3) is 0 Å². The first-order chi connectivity index (χ1) is 11.7. The van der Waals surface area contributed by atoms with Gasteiger partial charge in [0.15, 0.2) is 0 Å². The lowest BCUT2D eigenvalue weighted by Gasteiger charge is -2.15. The first-order valence-electron chi connectivity index (χ1n) is 7.42. The molecule has 5 N–H and O–H groups in total. The molecule has 2 rings (SSSR count). The number of nitrogens with one attached hydrogen (secondary N) is 1. The van der Waals surface area contributed by atoms with Crippen LogP contribution in [0.3, 0.4) is 0 Å². The molecule has 8 heteroatoms. The molecule has 0 atom stereocenters. The van der Waals surface area contributed by atoms with Gasteiger partial charge < -0.3 is 21.5 Å². The van der Waals surface area contributed by atoms with Crippen molar-refractivity contribution >= 4 is 11.6 Å². The van der Waals surface area contributed by atoms with Crippen LogP contribution in [0.1, 0.15) is 27.0 Å². The minimum Gasteiger partial charge on any atom is -0.406 e. The lowest BCUT2D eigenvalue weighted by Crippen LogP contribution is -2.24. The molecule has 0 spiro atoms. The smallest absolute Gasteiger partial charge is 0.406 e. The van der Waals surface area contributed by atoms with E-state index < -0.39 is 12.3 Å². The predicted octanol–water partition coefficient (Wildman–Crippen LogP) is 2.86. The molecular weight excluding hydrogens is 335 g/mol. The highest BCUT2D eigenvalue weighted by Gasteiger charge is 2.31. The number of hydrogen-bond donors (Lipinski definition) is 3. The van der Waals surface area contributed by atoms with Crippen molar-refractivity contribution < 1.29 is 22.7 Å². The Hall–Kier alpha value is -2.74. The van der Waals surface area contributed by atoms with Crippen molar-refractivity contribution in [2.75, 3.05) is 5.73 Å². The van der Waals surface area contributed by atoms with Crippen LogP contribution in [0.15, 0.2) is 36.4 Å². The molecule has 0 fully saturated rings. The summed E-state index contributed by atoms with van der Waals surface area (Å²) in [5.74, 6) is -0.815. The first-order valence-corrected chi connectivity index (χ1v) is 7.42. The molecule has 0 radical (unpaired) electrons. The van der Waals surface area contributed by atoms with Crippen LogP contribution in [0, 0.1) is 6.92 Å². The molecule has 25 heavy (non-hydrogen) atoms. The maximum Gasteiger partial charge on any atom is 0.573 e. The number of halogens is 3. The van der Waals surface area contributed by atoms with Crippen LogP contribution >= 0.6 is 0 Å². The Balaban J connectivity index is 2.07. The van der Waals surface area contributed by atoms with E-state index in [1.165, 1.54) is 12.1 Å². The number of aryl methyl sites for hydroxylation is 1. The van der Waals surface area contributed by atoms with Crippen molar-refractivity contribution in [1.82, 2.24) is 5.32 Å². The number of carbonyl (C=O) groups excluding carboxylic acids is 1. The quantitative estimate of drug-likeness (QED) is 0.721. The molecule has 2 aromatic rings. The van der Waals surface area contributed by atoms with Crippen molar-refractivity contribution in [3.8, 4) is 5.75 Å². The molecule has 1 amide bonds. The molecule has 0 aliphatic carbocycles. The Morgan fingerprint density at radius 2 is 1.76 bits per heavy atom. The molecule has 134 valence electrons. The van der Waals surface area contributed by atoms with Gasteiger partial charge in [0.05, 0.1) is 0 Å². The number of rotatable bonds is 5. The average Bonchev–Trinajstić information content (AvgIpc) is 2.54. The number of anilines is 1. The van der Waals surface area contributed by atoms with E-state index in [1.54, 1.807) is 6.07 Å². The molecule has 5 nitrogen and oxygen atoms in total. The average molecular weight is 353 g/mol. The number of benzene rings is 2. The molecule has 0 aromatic heterocycles. The van der Waals surface area contributed by atoms with Crippen molar-refractivity contribution in [1.29, 1.82) is 0 Å². The second-order valence-electron chi connectivity index (χ2n) is 5.39. The summed E-state index contributed by atoms with van der Waals surface area (Å²) in [4.78, 5) is 12.2. The predicted molar refractivity (Wildman–Crippen MR) is 87.8 cm³/mol. The Labute approximate surface area is 142 Å². The summed E-state index contributed by atoms with van der Waals surface area (Å²) in [5, 5.41) is 2.71. The van der Waals surface area contributed by atoms with E-state index in [9.17, 15) is 18.0 Å². The van der Waals surface area contributed by atoms with Gasteiger partial charge in [-0.25, -0.2) is 0 Å². The zero-order chi connectivity index (χ0) is 18.6. The normalized spacial score (nSPS) is 11.2. The Kier molecular flexibility index (Phi) is 5.53. The fraction of sp³-hybridized carbons (Fsp3) is 0.235. The van der Waals surface area contributed by atoms with E-state index in [0.717, 1.165) is 28.8 Å². The highest BCUT2D eigenvalue weighted by molar-refractivity contribution is 5.94. The number of ether oxygens (including phenoxy) is 1. The monoisotopic (exact) mass is 353 g/mol. The molecule has 0 unspecified atom stereocenters. The molecule has 0 saturated carbocycles. The van der Waals surface area contributed by atoms with Gasteiger partial charge >= 0.3 is 6.36 Å². The third-order valence-corrected chi connectivity index (χ3v) is 3.68. The van der Waals surface area contributed by atoms with Crippen LogP contribution in [0.5, 0.6) is 5.75 Å². The lowest BCUT2D eigenvalue weighted by molar-refractivity contribution is -0.274. The van der Waals surface area contributed by atoms with E-state index >= 15 is 0 Å². The Bertz CT molecular complexity index is 759. The van der Waals surface area contributed by atoms with Crippen LogP contribution in [-0.2, 0) is 13.1 Å². The second kappa shape index (κ2) is 7.43. The number of nitrogens with two attached hydrogens (primary N) is 2. The third-order valence-electron chi connectivity index (χ3n) is 3.68. The number of alkyl halides is 3. The highest BCUT2D eigenvalue weighted by Crippen LogP contribution is 2.23. The fourth-order valence-corrected chi connectivity index (χ4v) is 2.39. The van der Waals surface area contributed by atoms with Gasteiger partial charge in [0, 0.05) is 24.3 Å². The molecular formula is C17H18F3N3O2. The zero-order valence-electron chi connectivity index (χ0n) is 13.5. The molecule has 0 bridgehead atoms. The molecule has 0 aliphatic heterocycles. The van der Waals surface area contributed by atoms with E-state index in [4.69, 9.17) is 11.5 Å². The molecule has 0 heterocycles. The maximum absolute atomic E-state index is 12.2. The summed E-state index contributed by atoms with van der Waals surface area (Å²) in [7, 11) is 0. The van der Waals surface area contributed by atoms with Gasteiger partial charge in [0.2, 0.25) is 0 Å². The maximum atomic E-state index is 12.2. The number of amides is 1. The SMILES string of the molecule is Cc1ccc(N)c(CN)c1CNC(=O)c1ccc(OC(F)(F)F)cc1. The number of carbonyl (C=O) groups is 1. The second-order valence-corrected chi connectivity index (χ2v) is 5.39. The Morgan fingerprint density at radius 1 is 1.12 bits per heavy atom. The van der Waals surface area contributed by atoms with Gasteiger partial charge in [0.1, 0.15) is 5.75 Å². The van der Waals surface area contributed by atoms with Gasteiger partial charge in [-0.2, -0.15) is 0 Å². The fourth-order valence-electron chi connectivity index (χ4n) is 2.39. The van der Waals surface area contributed by atoms with Gasteiger partial charge in [-0.15, -0.1) is 13.2 Å². The van der Waals surface area contributed by atoms with E-state index in [-0.39, 0.29) is 24.4 Å². The summed E-state index contributed by atoms with van der Waals surface area (Å²) in [6, 6.07) is 8.26. The van der Waals surface area contributed by atoms with E-state index in [2.05, 4.69) is 10.1 Å². The van der Waals surface area contributed by atoms with Crippen LogP contribution in [0.4, 0.5) is 18.9 Å². The summed E-state index contributed by atoms with van der Waals surface area (Å²) >= 11 is 0. The standard InChI is InChI=1S/C17H18F3N3O2/c1-10-2-7-15(22)13(8-21)14(10)9-23-16(24)11-3-5-12(6-4-11)25-17(18,19)20/h2-7H,8-9,21-22H2,1H3,(H,23,24). The van der Waals surface area contributed by atoms with Crippen molar-refractivity contribution in [2.45, 2.75) is 26.4 Å². The lowest BCUT2D eigenvalue weighted by atomic mass is 10.00. The van der Waals surface area contributed by atoms with Crippen LogP contribution in [-0.4, -0.2) is 12.3 Å². The Morgan fingerprint density at radius 3 is 2.32 bits per heavy atom. The molecule has 0 saturated heterocycles. The zero-order valence-corrected chi connectivity index (χ0v) is 13.5. The van der Waals surface area contributed by atoms with Crippen LogP contribution in [0.2, 0.25) is 0 Å². The van der Waals surface area contributed by atoms with Gasteiger partial charge in [0.25, 0.3) is 5.91 Å². The van der Waals surface area contributed by atoms with E-state index in [1.807, 2.05) is 13.0 Å². The summed E-state index contributed by atoms with van der Waals surface area (Å²) < 4.78 is 40.2. The molecule has 0 aliphatic rings.